The molecule has 2 heterocycles. The van der Waals surface area contributed by atoms with E-state index in [0.29, 0.717) is 30.4 Å². The fourth-order valence-corrected chi connectivity index (χ4v) is 2.66. The Balaban J connectivity index is 0.00000169. The van der Waals surface area contributed by atoms with Gasteiger partial charge in [0.2, 0.25) is 5.91 Å². The van der Waals surface area contributed by atoms with Gasteiger partial charge in [-0.25, -0.2) is 0 Å². The molecule has 2 aromatic rings. The molecule has 0 saturated carbocycles. The average Bonchev–Trinajstić information content (AvgIpc) is 2.64. The summed E-state index contributed by atoms with van der Waals surface area (Å²) in [6.07, 6.45) is 4.99. The Morgan fingerprint density at radius 2 is 1.65 bits per heavy atom. The van der Waals surface area contributed by atoms with Crippen LogP contribution in [0.1, 0.15) is 12.8 Å². The van der Waals surface area contributed by atoms with Gasteiger partial charge in [-0.05, 0) is 55.2 Å². The summed E-state index contributed by atoms with van der Waals surface area (Å²) in [6, 6.07) is 10.2. The molecule has 3 N–H and O–H groups in total. The third kappa shape index (κ3) is 6.14. The monoisotopic (exact) mass is 399 g/mol. The number of carbonyl (C=O) groups is 1. The highest BCUT2D eigenvalue weighted by Gasteiger charge is 2.26. The number of anilines is 1. The number of nitrogens with two attached hydrogens (primary N) is 1. The smallest absolute Gasteiger partial charge is 0.241 e. The van der Waals surface area contributed by atoms with Crippen molar-refractivity contribution < 1.29 is 14.3 Å². The van der Waals surface area contributed by atoms with Crippen LogP contribution in [0, 0.1) is 5.92 Å². The van der Waals surface area contributed by atoms with Crippen molar-refractivity contribution in [3.63, 3.8) is 0 Å². The molecule has 0 radical (unpaired) electrons. The predicted octanol–water partition coefficient (Wildman–Crippen LogP) is 3.41. The van der Waals surface area contributed by atoms with E-state index in [0.717, 1.165) is 12.8 Å². The van der Waals surface area contributed by atoms with E-state index in [1.165, 1.54) is 0 Å². The van der Waals surface area contributed by atoms with Gasteiger partial charge >= 0.3 is 0 Å². The molecule has 6 nitrogen and oxygen atoms in total. The van der Waals surface area contributed by atoms with Crippen molar-refractivity contribution in [1.82, 2.24) is 4.98 Å². The summed E-state index contributed by atoms with van der Waals surface area (Å²) in [5.74, 6) is 1.41. The van der Waals surface area contributed by atoms with Crippen LogP contribution in [-0.2, 0) is 9.53 Å². The highest BCUT2D eigenvalue weighted by Crippen LogP contribution is 2.23. The normalized spacial score (nSPS) is 15.1. The molecule has 1 aromatic carbocycles. The number of carbonyl (C=O) groups excluding carboxylic acids is 1. The molecule has 0 aliphatic carbocycles. The molecule has 1 aliphatic rings. The van der Waals surface area contributed by atoms with Crippen LogP contribution in [0.3, 0.4) is 0 Å². The molecule has 1 fully saturated rings. The third-order valence-electron chi connectivity index (χ3n) is 4.08. The van der Waals surface area contributed by atoms with E-state index >= 15 is 0 Å². The number of rotatable bonds is 5. The average molecular weight is 400 g/mol. The molecule has 8 heteroatoms. The number of hydrogen-bond donors (Lipinski definition) is 2. The van der Waals surface area contributed by atoms with Gasteiger partial charge < -0.3 is 20.5 Å². The summed E-state index contributed by atoms with van der Waals surface area (Å²) in [7, 11) is 0. The first-order valence-corrected chi connectivity index (χ1v) is 8.04. The number of benzene rings is 1. The zero-order valence-corrected chi connectivity index (χ0v) is 15.8. The Morgan fingerprint density at radius 1 is 1.08 bits per heavy atom. The van der Waals surface area contributed by atoms with E-state index in [-0.39, 0.29) is 36.6 Å². The summed E-state index contributed by atoms with van der Waals surface area (Å²) < 4.78 is 11.0. The minimum Gasteiger partial charge on any atom is -0.457 e. The fraction of sp³-hybridized carbons (Fsp3) is 0.333. The molecule has 1 aromatic heterocycles. The predicted molar refractivity (Wildman–Crippen MR) is 105 cm³/mol. The summed E-state index contributed by atoms with van der Waals surface area (Å²) in [6.45, 7) is 1.35. The number of halogens is 2. The summed E-state index contributed by atoms with van der Waals surface area (Å²) in [5.41, 5.74) is 6.77. The number of hydrogen-bond acceptors (Lipinski definition) is 5. The Morgan fingerprint density at radius 3 is 2.27 bits per heavy atom. The summed E-state index contributed by atoms with van der Waals surface area (Å²) in [5, 5.41) is 2.86. The van der Waals surface area contributed by atoms with Gasteiger partial charge in [-0.15, -0.1) is 24.8 Å². The Hall–Kier alpha value is -1.86. The summed E-state index contributed by atoms with van der Waals surface area (Å²) >= 11 is 0. The van der Waals surface area contributed by atoms with E-state index in [1.54, 1.807) is 48.8 Å². The Labute approximate surface area is 165 Å². The lowest BCUT2D eigenvalue weighted by Gasteiger charge is -2.26. The number of ether oxygens (including phenoxy) is 2. The van der Waals surface area contributed by atoms with Crippen molar-refractivity contribution in [2.45, 2.75) is 18.9 Å². The van der Waals surface area contributed by atoms with E-state index < -0.39 is 6.04 Å². The largest absolute Gasteiger partial charge is 0.457 e. The highest BCUT2D eigenvalue weighted by atomic mass is 35.5. The van der Waals surface area contributed by atoms with Gasteiger partial charge in [0.05, 0.1) is 6.04 Å². The maximum atomic E-state index is 12.3. The lowest BCUT2D eigenvalue weighted by atomic mass is 9.92. The van der Waals surface area contributed by atoms with Gasteiger partial charge in [0.15, 0.2) is 0 Å². The molecule has 1 saturated heterocycles. The van der Waals surface area contributed by atoms with Crippen LogP contribution < -0.4 is 15.8 Å². The lowest BCUT2D eigenvalue weighted by molar-refractivity contribution is -0.119. The molecule has 1 aliphatic heterocycles. The second-order valence-electron chi connectivity index (χ2n) is 5.77. The maximum absolute atomic E-state index is 12.3. The van der Waals surface area contributed by atoms with Crippen molar-refractivity contribution in [3.8, 4) is 11.5 Å². The van der Waals surface area contributed by atoms with Gasteiger partial charge in [0, 0.05) is 31.3 Å². The molecule has 0 bridgehead atoms. The first kappa shape index (κ1) is 22.2. The molecule has 26 heavy (non-hydrogen) atoms. The molecular weight excluding hydrogens is 377 g/mol. The van der Waals surface area contributed by atoms with Crippen molar-refractivity contribution in [2.75, 3.05) is 18.5 Å². The number of nitrogens with zero attached hydrogens (tertiary/aromatic N) is 1. The van der Waals surface area contributed by atoms with Gasteiger partial charge in [0.25, 0.3) is 0 Å². The quantitative estimate of drug-likeness (QED) is 0.804. The molecule has 3 rings (SSSR count). The van der Waals surface area contributed by atoms with Crippen molar-refractivity contribution in [2.24, 2.45) is 11.7 Å². The minimum absolute atomic E-state index is 0. The van der Waals surface area contributed by atoms with Gasteiger partial charge in [-0.2, -0.15) is 0 Å². The van der Waals surface area contributed by atoms with Crippen molar-refractivity contribution in [3.05, 3.63) is 48.8 Å². The lowest BCUT2D eigenvalue weighted by Crippen LogP contribution is -2.43. The van der Waals surface area contributed by atoms with Gasteiger partial charge in [0.1, 0.15) is 11.5 Å². The maximum Gasteiger partial charge on any atom is 0.241 e. The Kier molecular flexibility index (Phi) is 9.37. The van der Waals surface area contributed by atoms with E-state index in [9.17, 15) is 4.79 Å². The van der Waals surface area contributed by atoms with E-state index in [1.807, 2.05) is 0 Å². The van der Waals surface area contributed by atoms with Crippen LogP contribution in [0.5, 0.6) is 11.5 Å². The first-order chi connectivity index (χ1) is 11.7. The minimum atomic E-state index is -0.512. The SMILES string of the molecule is Cl.Cl.NC(C(=O)Nc1ccc(Oc2ccncc2)cc1)C1CCOCC1. The Bertz CT molecular complexity index is 665. The molecule has 142 valence electrons. The zero-order valence-electron chi connectivity index (χ0n) is 14.2. The number of pyridine rings is 1. The van der Waals surface area contributed by atoms with Crippen molar-refractivity contribution >= 4 is 36.4 Å². The van der Waals surface area contributed by atoms with Crippen LogP contribution in [0.4, 0.5) is 5.69 Å². The van der Waals surface area contributed by atoms with Crippen LogP contribution in [0.2, 0.25) is 0 Å². The second-order valence-corrected chi connectivity index (χ2v) is 5.77. The van der Waals surface area contributed by atoms with Crippen LogP contribution in [-0.4, -0.2) is 30.1 Å². The molecular formula is C18H23Cl2N3O3. The second kappa shape index (κ2) is 11.0. The fourth-order valence-electron chi connectivity index (χ4n) is 2.66. The molecule has 1 atom stereocenters. The van der Waals surface area contributed by atoms with Gasteiger partial charge in [-0.3, -0.25) is 9.78 Å². The first-order valence-electron chi connectivity index (χ1n) is 8.04. The highest BCUT2D eigenvalue weighted by molar-refractivity contribution is 5.94. The van der Waals surface area contributed by atoms with Crippen molar-refractivity contribution in [1.29, 1.82) is 0 Å². The summed E-state index contributed by atoms with van der Waals surface area (Å²) in [4.78, 5) is 16.2. The third-order valence-corrected chi connectivity index (χ3v) is 4.08. The molecule has 1 amide bonds. The van der Waals surface area contributed by atoms with E-state index in [4.69, 9.17) is 15.2 Å². The standard InChI is InChI=1S/C18H21N3O3.2ClH/c19-17(13-7-11-23-12-8-13)18(22)21-14-1-3-15(4-2-14)24-16-5-9-20-10-6-16;;/h1-6,9-10,13,17H,7-8,11-12,19H2,(H,21,22);2*1H. The topological polar surface area (TPSA) is 86.5 Å². The zero-order chi connectivity index (χ0) is 16.8. The van der Waals surface area contributed by atoms with Crippen LogP contribution in [0.25, 0.3) is 0 Å². The number of nitrogens with one attached hydrogen (secondary N) is 1. The molecule has 1 unspecified atom stereocenters. The molecule has 0 spiro atoms. The van der Waals surface area contributed by atoms with Gasteiger partial charge in [-0.1, -0.05) is 0 Å². The van der Waals surface area contributed by atoms with E-state index in [2.05, 4.69) is 10.3 Å². The van der Waals surface area contributed by atoms with Crippen LogP contribution in [0.15, 0.2) is 48.8 Å². The number of amides is 1. The van der Waals surface area contributed by atoms with Crippen LogP contribution >= 0.6 is 24.8 Å². The number of aromatic nitrogens is 1.